The molecule has 1 rings (SSSR count). The third-order valence-electron chi connectivity index (χ3n) is 1.71. The first kappa shape index (κ1) is 14.7. The molecule has 0 aliphatic carbocycles. The second-order valence-corrected chi connectivity index (χ2v) is 2.65. The summed E-state index contributed by atoms with van der Waals surface area (Å²) >= 11 is 0. The Hall–Kier alpha value is -2.31. The molecule has 0 amide bonds. The molecule has 0 atom stereocenters. The number of hydrogen-bond donors (Lipinski definition) is 3. The SMILES string of the molecule is CC.Cc1oc(C(=O)O)c(C(=O)O)c1C(=O)O. The van der Waals surface area contributed by atoms with Crippen molar-refractivity contribution in [1.29, 1.82) is 0 Å². The minimum absolute atomic E-state index is 0.252. The zero-order valence-corrected chi connectivity index (χ0v) is 9.47. The molecule has 0 aromatic carbocycles. The summed E-state index contributed by atoms with van der Waals surface area (Å²) in [6.07, 6.45) is 0. The van der Waals surface area contributed by atoms with E-state index >= 15 is 0 Å². The van der Waals surface area contributed by atoms with Crippen LogP contribution in [0.4, 0.5) is 0 Å². The summed E-state index contributed by atoms with van der Waals surface area (Å²) in [5, 5.41) is 25.9. The van der Waals surface area contributed by atoms with Gasteiger partial charge in [0, 0.05) is 0 Å². The Morgan fingerprint density at radius 2 is 1.29 bits per heavy atom. The maximum Gasteiger partial charge on any atom is 0.372 e. The van der Waals surface area contributed by atoms with Gasteiger partial charge in [0.25, 0.3) is 0 Å². The van der Waals surface area contributed by atoms with E-state index in [2.05, 4.69) is 4.42 Å². The molecule has 0 radical (unpaired) electrons. The van der Waals surface area contributed by atoms with Gasteiger partial charge < -0.3 is 19.7 Å². The van der Waals surface area contributed by atoms with E-state index in [4.69, 9.17) is 15.3 Å². The molecule has 1 aromatic heterocycles. The van der Waals surface area contributed by atoms with Crippen LogP contribution in [0.5, 0.6) is 0 Å². The molecule has 0 aliphatic rings. The zero-order chi connectivity index (χ0) is 13.7. The van der Waals surface area contributed by atoms with Crippen molar-refractivity contribution < 1.29 is 34.1 Å². The second-order valence-electron chi connectivity index (χ2n) is 2.65. The standard InChI is InChI=1S/C8H6O7.C2H6/c1-2-3(6(9)10)4(7(11)12)5(15-2)8(13)14;1-2/h1H3,(H,9,10)(H,11,12)(H,13,14);1-2H3. The van der Waals surface area contributed by atoms with Gasteiger partial charge in [0.15, 0.2) is 0 Å². The number of aromatic carboxylic acids is 3. The van der Waals surface area contributed by atoms with Crippen LogP contribution in [-0.4, -0.2) is 33.2 Å². The summed E-state index contributed by atoms with van der Waals surface area (Å²) in [4.78, 5) is 31.9. The van der Waals surface area contributed by atoms with E-state index in [9.17, 15) is 14.4 Å². The van der Waals surface area contributed by atoms with Gasteiger partial charge in [-0.05, 0) is 6.92 Å². The van der Waals surface area contributed by atoms with Gasteiger partial charge in [-0.25, -0.2) is 14.4 Å². The molecule has 0 unspecified atom stereocenters. The van der Waals surface area contributed by atoms with Gasteiger partial charge in [0.05, 0.1) is 0 Å². The van der Waals surface area contributed by atoms with E-state index in [0.717, 1.165) is 0 Å². The number of carbonyl (C=O) groups is 3. The maximum atomic E-state index is 10.7. The summed E-state index contributed by atoms with van der Waals surface area (Å²) in [6.45, 7) is 5.18. The number of aryl methyl sites for hydroxylation is 1. The second kappa shape index (κ2) is 5.69. The van der Waals surface area contributed by atoms with Crippen molar-refractivity contribution in [1.82, 2.24) is 0 Å². The van der Waals surface area contributed by atoms with Crippen LogP contribution >= 0.6 is 0 Å². The zero-order valence-electron chi connectivity index (χ0n) is 9.47. The molecule has 0 saturated carbocycles. The van der Waals surface area contributed by atoms with Gasteiger partial charge in [-0.15, -0.1) is 0 Å². The van der Waals surface area contributed by atoms with Crippen molar-refractivity contribution in [3.63, 3.8) is 0 Å². The Labute approximate surface area is 96.3 Å². The van der Waals surface area contributed by atoms with Crippen LogP contribution in [0.15, 0.2) is 4.42 Å². The highest BCUT2D eigenvalue weighted by atomic mass is 16.4. The molecule has 7 heteroatoms. The molecule has 3 N–H and O–H groups in total. The van der Waals surface area contributed by atoms with Crippen molar-refractivity contribution >= 4 is 17.9 Å². The van der Waals surface area contributed by atoms with E-state index < -0.39 is 34.8 Å². The van der Waals surface area contributed by atoms with Gasteiger partial charge in [-0.1, -0.05) is 13.8 Å². The number of hydrogen-bond acceptors (Lipinski definition) is 4. The van der Waals surface area contributed by atoms with Crippen LogP contribution < -0.4 is 0 Å². The van der Waals surface area contributed by atoms with E-state index in [1.807, 2.05) is 13.8 Å². The number of carboxylic acids is 3. The lowest BCUT2D eigenvalue weighted by atomic mass is 10.1. The van der Waals surface area contributed by atoms with Crippen LogP contribution in [0, 0.1) is 6.92 Å². The highest BCUT2D eigenvalue weighted by Crippen LogP contribution is 2.22. The normalized spacial score (nSPS) is 9.12. The van der Waals surface area contributed by atoms with Crippen molar-refractivity contribution in [3.05, 3.63) is 22.6 Å². The van der Waals surface area contributed by atoms with Gasteiger partial charge >= 0.3 is 17.9 Å². The molecule has 0 saturated heterocycles. The molecule has 0 fully saturated rings. The van der Waals surface area contributed by atoms with E-state index in [0.29, 0.717) is 0 Å². The lowest BCUT2D eigenvalue weighted by molar-refractivity contribution is 0.0620. The van der Waals surface area contributed by atoms with Crippen LogP contribution in [0.3, 0.4) is 0 Å². The highest BCUT2D eigenvalue weighted by Gasteiger charge is 2.31. The fourth-order valence-electron chi connectivity index (χ4n) is 1.16. The van der Waals surface area contributed by atoms with Gasteiger partial charge in [0.1, 0.15) is 16.9 Å². The average molecular weight is 244 g/mol. The van der Waals surface area contributed by atoms with E-state index in [-0.39, 0.29) is 5.76 Å². The first-order chi connectivity index (χ1) is 7.86. The van der Waals surface area contributed by atoms with Crippen LogP contribution in [0.2, 0.25) is 0 Å². The molecule has 0 bridgehead atoms. The van der Waals surface area contributed by atoms with Gasteiger partial charge in [0.2, 0.25) is 5.76 Å². The van der Waals surface area contributed by atoms with E-state index in [1.54, 1.807) is 0 Å². The topological polar surface area (TPSA) is 125 Å². The predicted octanol–water partition coefficient (Wildman–Crippen LogP) is 1.71. The fourth-order valence-corrected chi connectivity index (χ4v) is 1.16. The average Bonchev–Trinajstić information content (AvgIpc) is 2.59. The highest BCUT2D eigenvalue weighted by molar-refractivity contribution is 6.08. The predicted molar refractivity (Wildman–Crippen MR) is 55.7 cm³/mol. The van der Waals surface area contributed by atoms with Crippen molar-refractivity contribution in [3.8, 4) is 0 Å². The molecular formula is C10H12O7. The number of furan rings is 1. The van der Waals surface area contributed by atoms with Gasteiger partial charge in [-0.2, -0.15) is 0 Å². The van der Waals surface area contributed by atoms with Crippen molar-refractivity contribution in [2.75, 3.05) is 0 Å². The minimum atomic E-state index is -1.65. The van der Waals surface area contributed by atoms with Crippen molar-refractivity contribution in [2.24, 2.45) is 0 Å². The lowest BCUT2D eigenvalue weighted by Crippen LogP contribution is -2.10. The summed E-state index contributed by atoms with van der Waals surface area (Å²) in [7, 11) is 0. The Morgan fingerprint density at radius 3 is 1.59 bits per heavy atom. The minimum Gasteiger partial charge on any atom is -0.478 e. The van der Waals surface area contributed by atoms with Crippen LogP contribution in [-0.2, 0) is 0 Å². The molecule has 0 aliphatic heterocycles. The van der Waals surface area contributed by atoms with Crippen LogP contribution in [0.1, 0.15) is 50.9 Å². The third-order valence-corrected chi connectivity index (χ3v) is 1.71. The Bertz CT molecular complexity index is 455. The Kier molecular flexibility index (Phi) is 4.91. The molecule has 17 heavy (non-hydrogen) atoms. The molecule has 1 aromatic rings. The summed E-state index contributed by atoms with van der Waals surface area (Å²) in [5.74, 6) is -5.94. The molecule has 94 valence electrons. The lowest BCUT2D eigenvalue weighted by Gasteiger charge is -1.93. The summed E-state index contributed by atoms with van der Waals surface area (Å²) in [6, 6.07) is 0. The van der Waals surface area contributed by atoms with Gasteiger partial charge in [-0.3, -0.25) is 0 Å². The molecule has 7 nitrogen and oxygen atoms in total. The molecule has 0 spiro atoms. The largest absolute Gasteiger partial charge is 0.478 e. The van der Waals surface area contributed by atoms with Crippen LogP contribution in [0.25, 0.3) is 0 Å². The first-order valence-corrected chi connectivity index (χ1v) is 4.69. The smallest absolute Gasteiger partial charge is 0.372 e. The molecular weight excluding hydrogens is 232 g/mol. The fraction of sp³-hybridized carbons (Fsp3) is 0.300. The monoisotopic (exact) mass is 244 g/mol. The summed E-state index contributed by atoms with van der Waals surface area (Å²) < 4.78 is 4.57. The van der Waals surface area contributed by atoms with E-state index in [1.165, 1.54) is 6.92 Å². The third kappa shape index (κ3) is 2.83. The number of carboxylic acid groups (broad SMARTS) is 3. The summed E-state index contributed by atoms with van der Waals surface area (Å²) in [5.41, 5.74) is -1.48. The van der Waals surface area contributed by atoms with Crippen molar-refractivity contribution in [2.45, 2.75) is 20.8 Å². The Balaban J connectivity index is 0.00000121. The maximum absolute atomic E-state index is 10.7. The quantitative estimate of drug-likeness (QED) is 0.738. The number of rotatable bonds is 3. The Morgan fingerprint density at radius 1 is 0.882 bits per heavy atom. The molecule has 1 heterocycles. The first-order valence-electron chi connectivity index (χ1n) is 4.69.